The molecule has 2 aromatic rings. The van der Waals surface area contributed by atoms with E-state index in [-0.39, 0.29) is 0 Å². The molecule has 23 heavy (non-hydrogen) atoms. The van der Waals surface area contributed by atoms with Crippen molar-refractivity contribution in [3.05, 3.63) is 65.2 Å². The van der Waals surface area contributed by atoms with Crippen molar-refractivity contribution in [3.8, 4) is 0 Å². The van der Waals surface area contributed by atoms with Crippen LogP contribution in [0.5, 0.6) is 0 Å². The molecular formula is C20H26N2O. The summed E-state index contributed by atoms with van der Waals surface area (Å²) in [6.45, 7) is 8.95. The summed E-state index contributed by atoms with van der Waals surface area (Å²) in [4.78, 5) is 4.79. The molecule has 1 aliphatic heterocycles. The van der Waals surface area contributed by atoms with Crippen molar-refractivity contribution < 1.29 is 5.11 Å². The quantitative estimate of drug-likeness (QED) is 0.940. The SMILES string of the molecule is Cc1ccc([C@H](O)CN2CCN(c3cccc(C)c3)CC2)cc1. The van der Waals surface area contributed by atoms with Crippen molar-refractivity contribution in [2.24, 2.45) is 0 Å². The third-order valence-corrected chi connectivity index (χ3v) is 4.63. The van der Waals surface area contributed by atoms with E-state index in [1.165, 1.54) is 16.8 Å². The first kappa shape index (κ1) is 16.0. The molecule has 2 aromatic carbocycles. The van der Waals surface area contributed by atoms with Crippen LogP contribution >= 0.6 is 0 Å². The zero-order chi connectivity index (χ0) is 16.2. The Morgan fingerprint density at radius 1 is 0.913 bits per heavy atom. The molecule has 0 unspecified atom stereocenters. The highest BCUT2D eigenvalue weighted by atomic mass is 16.3. The minimum absolute atomic E-state index is 0.402. The first-order valence-electron chi connectivity index (χ1n) is 8.40. The van der Waals surface area contributed by atoms with Crippen molar-refractivity contribution in [1.82, 2.24) is 4.90 Å². The largest absolute Gasteiger partial charge is 0.387 e. The smallest absolute Gasteiger partial charge is 0.0916 e. The van der Waals surface area contributed by atoms with E-state index in [1.54, 1.807) is 0 Å². The van der Waals surface area contributed by atoms with E-state index >= 15 is 0 Å². The number of β-amino-alcohol motifs (C(OH)–C–C–N with tert-alkyl or cyclic N) is 1. The molecule has 0 saturated carbocycles. The predicted molar refractivity (Wildman–Crippen MR) is 96.0 cm³/mol. The van der Waals surface area contributed by atoms with E-state index in [1.807, 2.05) is 12.1 Å². The van der Waals surface area contributed by atoms with Gasteiger partial charge in [0.25, 0.3) is 0 Å². The van der Waals surface area contributed by atoms with Gasteiger partial charge in [0.05, 0.1) is 6.10 Å². The van der Waals surface area contributed by atoms with Gasteiger partial charge in [-0.25, -0.2) is 0 Å². The summed E-state index contributed by atoms with van der Waals surface area (Å²) in [5, 5.41) is 10.4. The Kier molecular flexibility index (Phi) is 4.99. The van der Waals surface area contributed by atoms with Gasteiger partial charge < -0.3 is 10.0 Å². The highest BCUT2D eigenvalue weighted by Crippen LogP contribution is 2.20. The third-order valence-electron chi connectivity index (χ3n) is 4.63. The second-order valence-corrected chi connectivity index (χ2v) is 6.55. The maximum atomic E-state index is 10.4. The summed E-state index contributed by atoms with van der Waals surface area (Å²) in [7, 11) is 0. The predicted octanol–water partition coefficient (Wildman–Crippen LogP) is 3.16. The maximum Gasteiger partial charge on any atom is 0.0916 e. The number of aliphatic hydroxyl groups excluding tert-OH is 1. The minimum atomic E-state index is -0.402. The average molecular weight is 310 g/mol. The molecule has 1 saturated heterocycles. The molecule has 122 valence electrons. The Morgan fingerprint density at radius 2 is 1.61 bits per heavy atom. The lowest BCUT2D eigenvalue weighted by atomic mass is 10.1. The van der Waals surface area contributed by atoms with Gasteiger partial charge in [-0.05, 0) is 37.1 Å². The fraction of sp³-hybridized carbons (Fsp3) is 0.400. The number of anilines is 1. The molecule has 1 heterocycles. The Bertz CT molecular complexity index is 630. The van der Waals surface area contributed by atoms with Gasteiger partial charge in [-0.1, -0.05) is 42.0 Å². The van der Waals surface area contributed by atoms with E-state index in [2.05, 4.69) is 60.0 Å². The summed E-state index contributed by atoms with van der Waals surface area (Å²) in [6.07, 6.45) is -0.402. The highest BCUT2D eigenvalue weighted by Gasteiger charge is 2.20. The van der Waals surface area contributed by atoms with Gasteiger partial charge in [0.2, 0.25) is 0 Å². The Balaban J connectivity index is 1.54. The second-order valence-electron chi connectivity index (χ2n) is 6.55. The molecule has 0 aliphatic carbocycles. The number of rotatable bonds is 4. The molecule has 1 aliphatic rings. The van der Waals surface area contributed by atoms with Crippen molar-refractivity contribution >= 4 is 5.69 Å². The van der Waals surface area contributed by atoms with Crippen molar-refractivity contribution in [2.75, 3.05) is 37.6 Å². The van der Waals surface area contributed by atoms with Gasteiger partial charge in [-0.2, -0.15) is 0 Å². The molecule has 0 amide bonds. The van der Waals surface area contributed by atoms with Gasteiger partial charge in [0, 0.05) is 38.4 Å². The fourth-order valence-corrected chi connectivity index (χ4v) is 3.15. The van der Waals surface area contributed by atoms with Gasteiger partial charge in [0.1, 0.15) is 0 Å². The van der Waals surface area contributed by atoms with Crippen LogP contribution in [-0.4, -0.2) is 42.7 Å². The number of benzene rings is 2. The molecule has 1 N–H and O–H groups in total. The van der Waals surface area contributed by atoms with Crippen LogP contribution in [0.1, 0.15) is 22.8 Å². The third kappa shape index (κ3) is 4.12. The summed E-state index contributed by atoms with van der Waals surface area (Å²) in [5.41, 5.74) is 4.85. The van der Waals surface area contributed by atoms with Crippen LogP contribution in [0.2, 0.25) is 0 Å². The number of hydrogen-bond acceptors (Lipinski definition) is 3. The Labute approximate surface area is 139 Å². The van der Waals surface area contributed by atoms with Crippen LogP contribution in [0.25, 0.3) is 0 Å². The molecule has 3 rings (SSSR count). The Hall–Kier alpha value is -1.84. The van der Waals surface area contributed by atoms with E-state index in [0.717, 1.165) is 31.7 Å². The van der Waals surface area contributed by atoms with Crippen LogP contribution < -0.4 is 4.90 Å². The van der Waals surface area contributed by atoms with Crippen LogP contribution in [0.4, 0.5) is 5.69 Å². The lowest BCUT2D eigenvalue weighted by Crippen LogP contribution is -2.47. The average Bonchev–Trinajstić information content (AvgIpc) is 2.56. The van der Waals surface area contributed by atoms with Crippen molar-refractivity contribution in [3.63, 3.8) is 0 Å². The molecule has 0 bridgehead atoms. The molecule has 1 fully saturated rings. The van der Waals surface area contributed by atoms with Crippen molar-refractivity contribution in [1.29, 1.82) is 0 Å². The summed E-state index contributed by atoms with van der Waals surface area (Å²) in [5.74, 6) is 0. The normalized spacial score (nSPS) is 17.3. The first-order chi connectivity index (χ1) is 11.1. The molecule has 1 atom stereocenters. The van der Waals surface area contributed by atoms with Gasteiger partial charge in [-0.15, -0.1) is 0 Å². The van der Waals surface area contributed by atoms with Gasteiger partial charge in [0.15, 0.2) is 0 Å². The fourth-order valence-electron chi connectivity index (χ4n) is 3.15. The number of aryl methyl sites for hydroxylation is 2. The monoisotopic (exact) mass is 310 g/mol. The van der Waals surface area contributed by atoms with Gasteiger partial charge >= 0.3 is 0 Å². The van der Waals surface area contributed by atoms with E-state index in [0.29, 0.717) is 6.54 Å². The van der Waals surface area contributed by atoms with E-state index < -0.39 is 6.10 Å². The van der Waals surface area contributed by atoms with Crippen LogP contribution in [-0.2, 0) is 0 Å². The number of nitrogens with zero attached hydrogens (tertiary/aromatic N) is 2. The topological polar surface area (TPSA) is 26.7 Å². The molecule has 0 aromatic heterocycles. The van der Waals surface area contributed by atoms with Crippen molar-refractivity contribution in [2.45, 2.75) is 20.0 Å². The number of piperazine rings is 1. The van der Waals surface area contributed by atoms with Crippen LogP contribution in [0.15, 0.2) is 48.5 Å². The standard InChI is InChI=1S/C20H26N2O/c1-16-6-8-18(9-7-16)20(23)15-21-10-12-22(13-11-21)19-5-3-4-17(2)14-19/h3-9,14,20,23H,10-13,15H2,1-2H3/t20-/m1/s1. The molecule has 0 radical (unpaired) electrons. The zero-order valence-corrected chi connectivity index (χ0v) is 14.1. The molecule has 3 heteroatoms. The summed E-state index contributed by atoms with van der Waals surface area (Å²) in [6, 6.07) is 16.9. The van der Waals surface area contributed by atoms with Crippen LogP contribution in [0.3, 0.4) is 0 Å². The molecular weight excluding hydrogens is 284 g/mol. The number of aliphatic hydroxyl groups is 1. The highest BCUT2D eigenvalue weighted by molar-refractivity contribution is 5.48. The van der Waals surface area contributed by atoms with Crippen LogP contribution in [0, 0.1) is 13.8 Å². The molecule has 0 spiro atoms. The summed E-state index contributed by atoms with van der Waals surface area (Å²) < 4.78 is 0. The Morgan fingerprint density at radius 3 is 2.26 bits per heavy atom. The second kappa shape index (κ2) is 7.16. The zero-order valence-electron chi connectivity index (χ0n) is 14.1. The van der Waals surface area contributed by atoms with Gasteiger partial charge in [-0.3, -0.25) is 4.90 Å². The first-order valence-corrected chi connectivity index (χ1v) is 8.40. The minimum Gasteiger partial charge on any atom is -0.387 e. The lowest BCUT2D eigenvalue weighted by molar-refractivity contribution is 0.109. The molecule has 3 nitrogen and oxygen atoms in total. The number of hydrogen-bond donors (Lipinski definition) is 1. The van der Waals surface area contributed by atoms with E-state index in [4.69, 9.17) is 0 Å². The maximum absolute atomic E-state index is 10.4. The lowest BCUT2D eigenvalue weighted by Gasteiger charge is -2.37. The summed E-state index contributed by atoms with van der Waals surface area (Å²) >= 11 is 0. The van der Waals surface area contributed by atoms with E-state index in [9.17, 15) is 5.11 Å².